The number of hydrogen-bond donors (Lipinski definition) is 2. The average Bonchev–Trinajstić information content (AvgIpc) is 2.91. The molecule has 0 spiro atoms. The van der Waals surface area contributed by atoms with Crippen LogP contribution in [-0.4, -0.2) is 18.5 Å². The molecular formula is C16H20BrClN2O2S. The van der Waals surface area contributed by atoms with Gasteiger partial charge in [-0.05, 0) is 58.9 Å². The fourth-order valence-corrected chi connectivity index (χ4v) is 3.04. The summed E-state index contributed by atoms with van der Waals surface area (Å²) in [4.78, 5) is 12.1. The number of hydrogen-bond acceptors (Lipinski definition) is 4. The van der Waals surface area contributed by atoms with Crippen LogP contribution in [0.5, 0.6) is 5.75 Å². The van der Waals surface area contributed by atoms with Gasteiger partial charge in [0.25, 0.3) is 5.91 Å². The van der Waals surface area contributed by atoms with E-state index >= 15 is 0 Å². The number of nitrogens with one attached hydrogen (secondary N) is 1. The number of nitrogens with two attached hydrogens (primary N) is 1. The van der Waals surface area contributed by atoms with Crippen molar-refractivity contribution in [1.82, 2.24) is 5.32 Å². The first kappa shape index (κ1) is 20.0. The van der Waals surface area contributed by atoms with Gasteiger partial charge in [0.1, 0.15) is 12.4 Å². The number of amides is 1. The normalized spacial score (nSPS) is 11.5. The number of rotatable bonds is 6. The summed E-state index contributed by atoms with van der Waals surface area (Å²) in [5.74, 6) is 0.580. The van der Waals surface area contributed by atoms with Crippen molar-refractivity contribution in [3.05, 3.63) is 50.1 Å². The van der Waals surface area contributed by atoms with Crippen LogP contribution < -0.4 is 15.8 Å². The largest absolute Gasteiger partial charge is 0.489 e. The number of halogens is 2. The van der Waals surface area contributed by atoms with Crippen LogP contribution in [-0.2, 0) is 6.61 Å². The Morgan fingerprint density at radius 1 is 1.43 bits per heavy atom. The van der Waals surface area contributed by atoms with E-state index in [4.69, 9.17) is 10.5 Å². The second kappa shape index (κ2) is 9.27. The molecule has 7 heteroatoms. The third-order valence-electron chi connectivity index (χ3n) is 3.20. The van der Waals surface area contributed by atoms with Gasteiger partial charge in [-0.3, -0.25) is 4.79 Å². The van der Waals surface area contributed by atoms with Crippen molar-refractivity contribution >= 4 is 45.6 Å². The molecule has 1 aromatic heterocycles. The summed E-state index contributed by atoms with van der Waals surface area (Å²) >= 11 is 5.05. The van der Waals surface area contributed by atoms with Gasteiger partial charge in [-0.2, -0.15) is 0 Å². The molecule has 0 radical (unpaired) electrons. The van der Waals surface area contributed by atoms with Crippen molar-refractivity contribution in [2.45, 2.75) is 26.5 Å². The van der Waals surface area contributed by atoms with Crippen LogP contribution >= 0.6 is 39.7 Å². The van der Waals surface area contributed by atoms with Crippen LogP contribution in [0.4, 0.5) is 0 Å². The van der Waals surface area contributed by atoms with Gasteiger partial charge >= 0.3 is 0 Å². The Morgan fingerprint density at radius 3 is 2.78 bits per heavy atom. The highest BCUT2D eigenvalue weighted by Crippen LogP contribution is 2.24. The highest BCUT2D eigenvalue weighted by Gasteiger charge is 2.11. The molecular weight excluding hydrogens is 400 g/mol. The van der Waals surface area contributed by atoms with Gasteiger partial charge in [-0.1, -0.05) is 6.07 Å². The Labute approximate surface area is 155 Å². The van der Waals surface area contributed by atoms with Crippen molar-refractivity contribution in [3.63, 3.8) is 0 Å². The lowest BCUT2D eigenvalue weighted by atomic mass is 10.1. The van der Waals surface area contributed by atoms with Crippen LogP contribution in [0.3, 0.4) is 0 Å². The molecule has 1 atom stereocenters. The van der Waals surface area contributed by atoms with Gasteiger partial charge in [0, 0.05) is 23.7 Å². The lowest BCUT2D eigenvalue weighted by Crippen LogP contribution is -2.37. The first-order chi connectivity index (χ1) is 10.5. The Bertz CT molecular complexity index is 663. The van der Waals surface area contributed by atoms with Crippen LogP contribution in [0.15, 0.2) is 33.4 Å². The number of thiophene rings is 1. The SMILES string of the molecule is Cc1ccc(C(=O)N[C@@H](C)CN)cc1OCc1csc(Br)c1.Cl. The first-order valence-corrected chi connectivity index (χ1v) is 8.64. The molecule has 1 amide bonds. The summed E-state index contributed by atoms with van der Waals surface area (Å²) in [7, 11) is 0. The fraction of sp³-hybridized carbons (Fsp3) is 0.312. The van der Waals surface area contributed by atoms with Gasteiger partial charge < -0.3 is 15.8 Å². The summed E-state index contributed by atoms with van der Waals surface area (Å²) in [5, 5.41) is 4.89. The third-order valence-corrected chi connectivity index (χ3v) is 4.75. The smallest absolute Gasteiger partial charge is 0.251 e. The molecule has 2 aromatic rings. The Morgan fingerprint density at radius 2 is 2.17 bits per heavy atom. The molecule has 0 unspecified atom stereocenters. The van der Waals surface area contributed by atoms with Crippen LogP contribution in [0.2, 0.25) is 0 Å². The predicted molar refractivity (Wildman–Crippen MR) is 101 cm³/mol. The summed E-state index contributed by atoms with van der Waals surface area (Å²) in [6.07, 6.45) is 0. The lowest BCUT2D eigenvalue weighted by molar-refractivity contribution is 0.0941. The monoisotopic (exact) mass is 418 g/mol. The predicted octanol–water partition coefficient (Wildman–Crippen LogP) is 3.90. The standard InChI is InChI=1S/C16H19BrN2O2S.ClH/c1-10-3-4-13(16(20)19-11(2)7-18)6-14(10)21-8-12-5-15(17)22-9-12;/h3-6,9,11H,7-8,18H2,1-2H3,(H,19,20);1H/t11-;/m0./s1. The van der Waals surface area contributed by atoms with Crippen LogP contribution in [0.25, 0.3) is 0 Å². The summed E-state index contributed by atoms with van der Waals surface area (Å²) < 4.78 is 6.92. The highest BCUT2D eigenvalue weighted by atomic mass is 79.9. The summed E-state index contributed by atoms with van der Waals surface area (Å²) in [5.41, 5.74) is 8.20. The minimum absolute atomic E-state index is 0. The van der Waals surface area contributed by atoms with Gasteiger partial charge in [0.15, 0.2) is 0 Å². The van der Waals surface area contributed by atoms with E-state index in [1.165, 1.54) is 0 Å². The quantitative estimate of drug-likeness (QED) is 0.746. The Kier molecular flexibility index (Phi) is 8.05. The third kappa shape index (κ3) is 5.80. The zero-order valence-corrected chi connectivity index (χ0v) is 16.2. The van der Waals surface area contributed by atoms with E-state index in [1.54, 1.807) is 23.5 Å². The maximum absolute atomic E-state index is 12.1. The minimum atomic E-state index is -0.138. The lowest BCUT2D eigenvalue weighted by Gasteiger charge is -2.13. The molecule has 4 nitrogen and oxygen atoms in total. The van der Waals surface area contributed by atoms with Crippen LogP contribution in [0.1, 0.15) is 28.4 Å². The van der Waals surface area contributed by atoms with Crippen molar-refractivity contribution in [2.75, 3.05) is 6.54 Å². The van der Waals surface area contributed by atoms with E-state index in [1.807, 2.05) is 31.4 Å². The summed E-state index contributed by atoms with van der Waals surface area (Å²) in [6.45, 7) is 4.72. The van der Waals surface area contributed by atoms with Gasteiger partial charge in [-0.15, -0.1) is 23.7 Å². The molecule has 0 saturated carbocycles. The molecule has 0 bridgehead atoms. The van der Waals surface area contributed by atoms with Gasteiger partial charge in [-0.25, -0.2) is 0 Å². The minimum Gasteiger partial charge on any atom is -0.489 e. The van der Waals surface area contributed by atoms with E-state index in [2.05, 4.69) is 21.2 Å². The molecule has 0 aliphatic heterocycles. The zero-order valence-electron chi connectivity index (χ0n) is 13.0. The van der Waals surface area contributed by atoms with E-state index < -0.39 is 0 Å². The first-order valence-electron chi connectivity index (χ1n) is 6.97. The molecule has 0 aliphatic rings. The zero-order chi connectivity index (χ0) is 16.1. The molecule has 2 rings (SSSR count). The number of ether oxygens (including phenoxy) is 1. The second-order valence-electron chi connectivity index (χ2n) is 5.14. The number of aryl methyl sites for hydroxylation is 1. The maximum atomic E-state index is 12.1. The van der Waals surface area contributed by atoms with E-state index in [-0.39, 0.29) is 24.4 Å². The molecule has 0 aliphatic carbocycles. The van der Waals surface area contributed by atoms with Crippen molar-refractivity contribution < 1.29 is 9.53 Å². The molecule has 0 saturated heterocycles. The number of carbonyl (C=O) groups excluding carboxylic acids is 1. The van der Waals surface area contributed by atoms with Gasteiger partial charge in [0.05, 0.1) is 3.79 Å². The second-order valence-corrected chi connectivity index (χ2v) is 7.43. The Hall–Kier alpha value is -1.08. The molecule has 1 aromatic carbocycles. The topological polar surface area (TPSA) is 64.4 Å². The highest BCUT2D eigenvalue weighted by molar-refractivity contribution is 9.11. The van der Waals surface area contributed by atoms with Crippen molar-refractivity contribution in [3.8, 4) is 5.75 Å². The van der Waals surface area contributed by atoms with Crippen molar-refractivity contribution in [1.29, 1.82) is 0 Å². The van der Waals surface area contributed by atoms with E-state index in [0.717, 1.165) is 20.7 Å². The van der Waals surface area contributed by atoms with E-state index in [9.17, 15) is 4.79 Å². The number of carbonyl (C=O) groups is 1. The molecule has 23 heavy (non-hydrogen) atoms. The number of benzene rings is 1. The van der Waals surface area contributed by atoms with Crippen molar-refractivity contribution in [2.24, 2.45) is 5.73 Å². The fourth-order valence-electron chi connectivity index (χ4n) is 1.85. The Balaban J connectivity index is 0.00000264. The maximum Gasteiger partial charge on any atom is 0.251 e. The summed E-state index contributed by atoms with van der Waals surface area (Å²) in [6, 6.07) is 7.43. The van der Waals surface area contributed by atoms with Crippen LogP contribution in [0, 0.1) is 6.92 Å². The van der Waals surface area contributed by atoms with E-state index in [0.29, 0.717) is 18.7 Å². The molecule has 0 fully saturated rings. The molecule has 1 heterocycles. The molecule has 3 N–H and O–H groups in total. The average molecular weight is 420 g/mol. The van der Waals surface area contributed by atoms with Gasteiger partial charge in [0.2, 0.25) is 0 Å². The molecule has 126 valence electrons.